The van der Waals surface area contributed by atoms with Crippen LogP contribution in [0.25, 0.3) is 0 Å². The number of nitrogens with one attached hydrogen (secondary N) is 1. The van der Waals surface area contributed by atoms with Gasteiger partial charge in [-0.15, -0.1) is 0 Å². The molecule has 0 aromatic heterocycles. The normalized spacial score (nSPS) is 12.1. The van der Waals surface area contributed by atoms with Crippen molar-refractivity contribution in [1.29, 1.82) is 0 Å². The first-order valence-electron chi connectivity index (χ1n) is 5.19. The SMILES string of the molecule is CCC(=O)NC(C)Cc1ccc(O)cc1. The fourth-order valence-electron chi connectivity index (χ4n) is 1.41. The quantitative estimate of drug-likeness (QED) is 0.791. The fraction of sp³-hybridized carbons (Fsp3) is 0.417. The van der Waals surface area contributed by atoms with Gasteiger partial charge < -0.3 is 10.4 Å². The third-order valence-corrected chi connectivity index (χ3v) is 2.21. The third-order valence-electron chi connectivity index (χ3n) is 2.21. The molecule has 0 fully saturated rings. The number of phenolic OH excluding ortho intramolecular Hbond substituents is 1. The lowest BCUT2D eigenvalue weighted by molar-refractivity contribution is -0.121. The molecule has 1 unspecified atom stereocenters. The number of rotatable bonds is 4. The van der Waals surface area contributed by atoms with Crippen molar-refractivity contribution in [2.45, 2.75) is 32.7 Å². The summed E-state index contributed by atoms with van der Waals surface area (Å²) in [5.41, 5.74) is 1.11. The van der Waals surface area contributed by atoms with Gasteiger partial charge in [-0.2, -0.15) is 0 Å². The van der Waals surface area contributed by atoms with Gasteiger partial charge in [0.15, 0.2) is 0 Å². The summed E-state index contributed by atoms with van der Waals surface area (Å²) in [7, 11) is 0. The van der Waals surface area contributed by atoms with Gasteiger partial charge in [0.2, 0.25) is 5.91 Å². The molecule has 0 aliphatic rings. The van der Waals surface area contributed by atoms with Crippen molar-refractivity contribution in [1.82, 2.24) is 5.32 Å². The maximum atomic E-state index is 11.1. The molecular weight excluding hydrogens is 190 g/mol. The lowest BCUT2D eigenvalue weighted by atomic mass is 10.1. The highest BCUT2D eigenvalue weighted by molar-refractivity contribution is 5.75. The first kappa shape index (κ1) is 11.6. The Balaban J connectivity index is 2.47. The van der Waals surface area contributed by atoms with E-state index < -0.39 is 0 Å². The van der Waals surface area contributed by atoms with Crippen molar-refractivity contribution in [3.63, 3.8) is 0 Å². The van der Waals surface area contributed by atoms with Crippen molar-refractivity contribution in [2.75, 3.05) is 0 Å². The van der Waals surface area contributed by atoms with E-state index in [1.807, 2.05) is 26.0 Å². The Morgan fingerprint density at radius 2 is 2.00 bits per heavy atom. The topological polar surface area (TPSA) is 49.3 Å². The van der Waals surface area contributed by atoms with Crippen molar-refractivity contribution in [2.24, 2.45) is 0 Å². The highest BCUT2D eigenvalue weighted by Gasteiger charge is 2.05. The standard InChI is InChI=1S/C12H17NO2/c1-3-12(15)13-9(2)8-10-4-6-11(14)7-5-10/h4-7,9,14H,3,8H2,1-2H3,(H,13,15). The van der Waals surface area contributed by atoms with Gasteiger partial charge in [-0.05, 0) is 31.0 Å². The summed E-state index contributed by atoms with van der Waals surface area (Å²) in [6.45, 7) is 3.81. The first-order valence-corrected chi connectivity index (χ1v) is 5.19. The van der Waals surface area contributed by atoms with Crippen molar-refractivity contribution in [3.05, 3.63) is 29.8 Å². The Kier molecular flexibility index (Phi) is 4.16. The number of aromatic hydroxyl groups is 1. The van der Waals surface area contributed by atoms with Gasteiger partial charge in [-0.25, -0.2) is 0 Å². The van der Waals surface area contributed by atoms with Gasteiger partial charge in [-0.3, -0.25) is 4.79 Å². The van der Waals surface area contributed by atoms with Crippen LogP contribution in [0, 0.1) is 0 Å². The van der Waals surface area contributed by atoms with Crippen LogP contribution in [0.4, 0.5) is 0 Å². The van der Waals surface area contributed by atoms with Crippen LogP contribution in [-0.4, -0.2) is 17.1 Å². The molecule has 3 nitrogen and oxygen atoms in total. The molecule has 1 aromatic rings. The highest BCUT2D eigenvalue weighted by Crippen LogP contribution is 2.11. The summed E-state index contributed by atoms with van der Waals surface area (Å²) in [5, 5.41) is 12.0. The molecule has 1 amide bonds. The molecule has 15 heavy (non-hydrogen) atoms. The van der Waals surface area contributed by atoms with Gasteiger partial charge in [0.05, 0.1) is 0 Å². The Bertz CT molecular complexity index is 319. The largest absolute Gasteiger partial charge is 0.508 e. The molecule has 0 bridgehead atoms. The van der Waals surface area contributed by atoms with Crippen molar-refractivity contribution < 1.29 is 9.90 Å². The molecule has 0 heterocycles. The van der Waals surface area contributed by atoms with E-state index in [1.165, 1.54) is 0 Å². The summed E-state index contributed by atoms with van der Waals surface area (Å²) in [4.78, 5) is 11.1. The number of carbonyl (C=O) groups excluding carboxylic acids is 1. The molecule has 0 radical (unpaired) electrons. The van der Waals surface area contributed by atoms with E-state index in [2.05, 4.69) is 5.32 Å². The average Bonchev–Trinajstić information content (AvgIpc) is 2.21. The monoisotopic (exact) mass is 207 g/mol. The smallest absolute Gasteiger partial charge is 0.219 e. The predicted molar refractivity (Wildman–Crippen MR) is 59.7 cm³/mol. The fourth-order valence-corrected chi connectivity index (χ4v) is 1.41. The molecular formula is C12H17NO2. The number of hydrogen-bond donors (Lipinski definition) is 2. The van der Waals surface area contributed by atoms with Crippen LogP contribution in [0.5, 0.6) is 5.75 Å². The maximum Gasteiger partial charge on any atom is 0.219 e. The Labute approximate surface area is 90.1 Å². The zero-order chi connectivity index (χ0) is 11.3. The number of amides is 1. The zero-order valence-corrected chi connectivity index (χ0v) is 9.16. The van der Waals surface area contributed by atoms with Crippen LogP contribution in [0.3, 0.4) is 0 Å². The number of phenols is 1. The Morgan fingerprint density at radius 1 is 1.40 bits per heavy atom. The number of hydrogen-bond acceptors (Lipinski definition) is 2. The summed E-state index contributed by atoms with van der Waals surface area (Å²) < 4.78 is 0. The molecule has 0 saturated heterocycles. The van der Waals surface area contributed by atoms with E-state index in [0.717, 1.165) is 12.0 Å². The van der Waals surface area contributed by atoms with Gasteiger partial charge in [0.25, 0.3) is 0 Å². The molecule has 1 aromatic carbocycles. The summed E-state index contributed by atoms with van der Waals surface area (Å²) >= 11 is 0. The molecule has 82 valence electrons. The molecule has 2 N–H and O–H groups in total. The summed E-state index contributed by atoms with van der Waals surface area (Å²) in [6, 6.07) is 7.17. The third kappa shape index (κ3) is 4.02. The summed E-state index contributed by atoms with van der Waals surface area (Å²) in [6.07, 6.45) is 1.30. The highest BCUT2D eigenvalue weighted by atomic mass is 16.3. The minimum absolute atomic E-state index is 0.0706. The lowest BCUT2D eigenvalue weighted by Gasteiger charge is -2.13. The van der Waals surface area contributed by atoms with Crippen LogP contribution in [0.2, 0.25) is 0 Å². The number of carbonyl (C=O) groups is 1. The Morgan fingerprint density at radius 3 is 2.53 bits per heavy atom. The van der Waals surface area contributed by atoms with Gasteiger partial charge in [-0.1, -0.05) is 19.1 Å². The first-order chi connectivity index (χ1) is 7.11. The van der Waals surface area contributed by atoms with E-state index in [4.69, 9.17) is 5.11 Å². The second-order valence-corrected chi connectivity index (χ2v) is 3.69. The van der Waals surface area contributed by atoms with Crippen molar-refractivity contribution in [3.8, 4) is 5.75 Å². The van der Waals surface area contributed by atoms with Gasteiger partial charge in [0, 0.05) is 12.5 Å². The maximum absolute atomic E-state index is 11.1. The summed E-state index contributed by atoms with van der Waals surface area (Å²) in [5.74, 6) is 0.338. The Hall–Kier alpha value is -1.51. The predicted octanol–water partition coefficient (Wildman–Crippen LogP) is 1.85. The van der Waals surface area contributed by atoms with Crippen molar-refractivity contribution >= 4 is 5.91 Å². The lowest BCUT2D eigenvalue weighted by Crippen LogP contribution is -2.33. The van der Waals surface area contributed by atoms with Gasteiger partial charge in [0.1, 0.15) is 5.75 Å². The van der Waals surface area contributed by atoms with E-state index >= 15 is 0 Å². The zero-order valence-electron chi connectivity index (χ0n) is 9.16. The molecule has 0 spiro atoms. The minimum atomic E-state index is 0.0706. The van der Waals surface area contributed by atoms with Crippen LogP contribution in [0.15, 0.2) is 24.3 Å². The molecule has 0 aliphatic heterocycles. The van der Waals surface area contributed by atoms with Gasteiger partial charge >= 0.3 is 0 Å². The molecule has 1 atom stereocenters. The molecule has 0 saturated carbocycles. The van der Waals surface area contributed by atoms with Crippen LogP contribution in [0.1, 0.15) is 25.8 Å². The van der Waals surface area contributed by atoms with E-state index in [1.54, 1.807) is 12.1 Å². The second kappa shape index (κ2) is 5.39. The molecule has 1 rings (SSSR count). The van der Waals surface area contributed by atoms with E-state index in [0.29, 0.717) is 6.42 Å². The minimum Gasteiger partial charge on any atom is -0.508 e. The molecule has 3 heteroatoms. The van der Waals surface area contributed by atoms with Crippen LogP contribution >= 0.6 is 0 Å². The number of benzene rings is 1. The van der Waals surface area contributed by atoms with Crippen LogP contribution < -0.4 is 5.32 Å². The second-order valence-electron chi connectivity index (χ2n) is 3.69. The van der Waals surface area contributed by atoms with E-state index in [9.17, 15) is 4.79 Å². The van der Waals surface area contributed by atoms with E-state index in [-0.39, 0.29) is 17.7 Å². The molecule has 0 aliphatic carbocycles. The average molecular weight is 207 g/mol. The van der Waals surface area contributed by atoms with Crippen LogP contribution in [-0.2, 0) is 11.2 Å².